The summed E-state index contributed by atoms with van der Waals surface area (Å²) in [5.74, 6) is 1.42. The van der Waals surface area contributed by atoms with Crippen LogP contribution in [0.4, 0.5) is 13.2 Å². The van der Waals surface area contributed by atoms with Crippen molar-refractivity contribution in [2.75, 3.05) is 46.8 Å². The second-order valence-corrected chi connectivity index (χ2v) is 5.52. The van der Waals surface area contributed by atoms with Crippen molar-refractivity contribution < 1.29 is 13.2 Å². The molecule has 0 spiro atoms. The van der Waals surface area contributed by atoms with Crippen LogP contribution in [0.1, 0.15) is 19.8 Å². The molecule has 0 amide bonds. The Bertz CT molecular complexity index is 323. The van der Waals surface area contributed by atoms with Crippen molar-refractivity contribution in [1.82, 2.24) is 15.1 Å². The molecule has 1 fully saturated rings. The number of rotatable bonds is 4. The Morgan fingerprint density at radius 2 is 2.10 bits per heavy atom. The number of likely N-dealkylation sites (N-methyl/N-ethyl adjacent to an activating group) is 1. The molecule has 1 N–H and O–H groups in total. The van der Waals surface area contributed by atoms with Gasteiger partial charge in [0.2, 0.25) is 0 Å². The van der Waals surface area contributed by atoms with Gasteiger partial charge in [0, 0.05) is 33.2 Å². The second kappa shape index (κ2) is 9.70. The Balaban J connectivity index is 0.00000400. The van der Waals surface area contributed by atoms with Crippen molar-refractivity contribution in [3.05, 3.63) is 0 Å². The lowest BCUT2D eigenvalue weighted by Crippen LogP contribution is -2.48. The molecule has 126 valence electrons. The van der Waals surface area contributed by atoms with Gasteiger partial charge in [0.05, 0.1) is 6.54 Å². The van der Waals surface area contributed by atoms with Crippen LogP contribution in [0.15, 0.2) is 4.99 Å². The van der Waals surface area contributed by atoms with Gasteiger partial charge < -0.3 is 10.2 Å². The molecule has 0 bridgehead atoms. The average Bonchev–Trinajstić information content (AvgIpc) is 2.32. The molecule has 0 aromatic rings. The van der Waals surface area contributed by atoms with Crippen LogP contribution in [0.25, 0.3) is 0 Å². The van der Waals surface area contributed by atoms with E-state index in [2.05, 4.69) is 22.1 Å². The number of guanidine groups is 1. The van der Waals surface area contributed by atoms with Gasteiger partial charge in [0.25, 0.3) is 0 Å². The number of nitrogens with one attached hydrogen (secondary N) is 1. The largest absolute Gasteiger partial charge is 0.401 e. The van der Waals surface area contributed by atoms with Crippen LogP contribution >= 0.6 is 24.0 Å². The van der Waals surface area contributed by atoms with E-state index in [9.17, 15) is 13.2 Å². The highest BCUT2D eigenvalue weighted by Crippen LogP contribution is 2.16. The summed E-state index contributed by atoms with van der Waals surface area (Å²) >= 11 is 0. The minimum absolute atomic E-state index is 0. The van der Waals surface area contributed by atoms with Crippen LogP contribution in [-0.4, -0.2) is 68.8 Å². The fourth-order valence-corrected chi connectivity index (χ4v) is 2.46. The number of aliphatic imine (C=N–C) groups is 1. The van der Waals surface area contributed by atoms with Gasteiger partial charge in [0.15, 0.2) is 5.96 Å². The van der Waals surface area contributed by atoms with E-state index in [-0.39, 0.29) is 24.0 Å². The average molecular weight is 422 g/mol. The summed E-state index contributed by atoms with van der Waals surface area (Å²) in [6.07, 6.45) is -1.78. The van der Waals surface area contributed by atoms with Gasteiger partial charge in [-0.05, 0) is 25.8 Å². The number of hydrogen-bond donors (Lipinski definition) is 1. The number of alkyl halides is 3. The molecule has 0 aromatic carbocycles. The molecule has 1 unspecified atom stereocenters. The van der Waals surface area contributed by atoms with Gasteiger partial charge >= 0.3 is 6.18 Å². The number of nitrogens with zero attached hydrogens (tertiary/aromatic N) is 3. The maximum atomic E-state index is 12.2. The predicted octanol–water partition coefficient (Wildman–Crippen LogP) is 2.41. The predicted molar refractivity (Wildman–Crippen MR) is 90.3 cm³/mol. The SMILES string of the molecule is CN=C(NCCN(C)CC(F)(F)F)N1CCCC(C)C1.I. The highest BCUT2D eigenvalue weighted by atomic mass is 127. The van der Waals surface area contributed by atoms with Crippen molar-refractivity contribution in [2.24, 2.45) is 10.9 Å². The quantitative estimate of drug-likeness (QED) is 0.429. The summed E-state index contributed by atoms with van der Waals surface area (Å²) in [5, 5.41) is 3.14. The van der Waals surface area contributed by atoms with E-state index in [4.69, 9.17) is 0 Å². The van der Waals surface area contributed by atoms with Crippen LogP contribution in [0.3, 0.4) is 0 Å². The molecule has 1 rings (SSSR count). The zero-order valence-corrected chi connectivity index (χ0v) is 15.2. The summed E-state index contributed by atoms with van der Waals surface area (Å²) in [5.41, 5.74) is 0. The van der Waals surface area contributed by atoms with Crippen LogP contribution in [0, 0.1) is 5.92 Å². The van der Waals surface area contributed by atoms with Crippen LogP contribution < -0.4 is 5.32 Å². The Labute approximate surface area is 142 Å². The summed E-state index contributed by atoms with van der Waals surface area (Å²) in [6.45, 7) is 4.04. The molecule has 21 heavy (non-hydrogen) atoms. The Morgan fingerprint density at radius 1 is 1.43 bits per heavy atom. The first kappa shape index (κ1) is 20.8. The standard InChI is InChI=1S/C13H25F3N4.HI/c1-11-5-4-7-20(9-11)12(17-2)18-6-8-19(3)10-13(14,15)16;/h11H,4-10H2,1-3H3,(H,17,18);1H. The van der Waals surface area contributed by atoms with E-state index in [0.717, 1.165) is 25.5 Å². The number of likely N-dealkylation sites (tertiary alicyclic amines) is 1. The molecule has 0 radical (unpaired) electrons. The lowest BCUT2D eigenvalue weighted by atomic mass is 10.0. The van der Waals surface area contributed by atoms with Gasteiger partial charge in [0.1, 0.15) is 0 Å². The third-order valence-corrected chi connectivity index (χ3v) is 3.39. The minimum atomic E-state index is -4.14. The van der Waals surface area contributed by atoms with Crippen molar-refractivity contribution in [2.45, 2.75) is 25.9 Å². The van der Waals surface area contributed by atoms with Crippen molar-refractivity contribution >= 4 is 29.9 Å². The summed E-state index contributed by atoms with van der Waals surface area (Å²) in [7, 11) is 3.18. The summed E-state index contributed by atoms with van der Waals surface area (Å²) < 4.78 is 36.6. The molecule has 1 atom stereocenters. The van der Waals surface area contributed by atoms with E-state index in [1.54, 1.807) is 7.05 Å². The molecule has 0 aromatic heterocycles. The summed E-state index contributed by atoms with van der Waals surface area (Å²) in [6, 6.07) is 0. The first-order chi connectivity index (χ1) is 9.31. The first-order valence-electron chi connectivity index (χ1n) is 7.02. The lowest BCUT2D eigenvalue weighted by Gasteiger charge is -2.33. The molecule has 0 saturated carbocycles. The molecule has 1 aliphatic rings. The summed E-state index contributed by atoms with van der Waals surface area (Å²) in [4.78, 5) is 7.65. The highest BCUT2D eigenvalue weighted by Gasteiger charge is 2.29. The van der Waals surface area contributed by atoms with E-state index in [1.165, 1.54) is 18.4 Å². The zero-order chi connectivity index (χ0) is 15.2. The molecule has 4 nitrogen and oxygen atoms in total. The topological polar surface area (TPSA) is 30.9 Å². The van der Waals surface area contributed by atoms with Crippen molar-refractivity contribution in [1.29, 1.82) is 0 Å². The zero-order valence-electron chi connectivity index (χ0n) is 12.9. The molecule has 1 saturated heterocycles. The van der Waals surface area contributed by atoms with E-state index in [1.807, 2.05) is 0 Å². The van der Waals surface area contributed by atoms with Gasteiger partial charge in [-0.3, -0.25) is 9.89 Å². The fraction of sp³-hybridized carbons (Fsp3) is 0.923. The second-order valence-electron chi connectivity index (χ2n) is 5.52. The smallest absolute Gasteiger partial charge is 0.355 e. The normalized spacial score (nSPS) is 20.4. The Kier molecular flexibility index (Phi) is 9.59. The molecule has 1 heterocycles. The van der Waals surface area contributed by atoms with Crippen LogP contribution in [0.5, 0.6) is 0 Å². The molecular formula is C13H26F3IN4. The van der Waals surface area contributed by atoms with Crippen molar-refractivity contribution in [3.63, 3.8) is 0 Å². The third-order valence-electron chi connectivity index (χ3n) is 3.39. The fourth-order valence-electron chi connectivity index (χ4n) is 2.46. The minimum Gasteiger partial charge on any atom is -0.355 e. The van der Waals surface area contributed by atoms with E-state index >= 15 is 0 Å². The Hall–Kier alpha value is -0.250. The molecular weight excluding hydrogens is 396 g/mol. The molecule has 8 heteroatoms. The maximum absolute atomic E-state index is 12.2. The van der Waals surface area contributed by atoms with E-state index in [0.29, 0.717) is 19.0 Å². The van der Waals surface area contributed by atoms with Gasteiger partial charge in [-0.15, -0.1) is 24.0 Å². The number of hydrogen-bond acceptors (Lipinski definition) is 2. The first-order valence-corrected chi connectivity index (χ1v) is 7.02. The number of piperidine rings is 1. The highest BCUT2D eigenvalue weighted by molar-refractivity contribution is 14.0. The van der Waals surface area contributed by atoms with Crippen LogP contribution in [-0.2, 0) is 0 Å². The molecule has 1 aliphatic heterocycles. The van der Waals surface area contributed by atoms with Crippen LogP contribution in [0.2, 0.25) is 0 Å². The lowest BCUT2D eigenvalue weighted by molar-refractivity contribution is -0.142. The van der Waals surface area contributed by atoms with E-state index < -0.39 is 12.7 Å². The van der Waals surface area contributed by atoms with Gasteiger partial charge in [-0.2, -0.15) is 13.2 Å². The maximum Gasteiger partial charge on any atom is 0.401 e. The monoisotopic (exact) mass is 422 g/mol. The molecule has 0 aliphatic carbocycles. The van der Waals surface area contributed by atoms with Crippen molar-refractivity contribution in [3.8, 4) is 0 Å². The number of halogens is 4. The van der Waals surface area contributed by atoms with Gasteiger partial charge in [-0.25, -0.2) is 0 Å². The Morgan fingerprint density at radius 3 is 2.62 bits per heavy atom. The third kappa shape index (κ3) is 8.70. The van der Waals surface area contributed by atoms with Gasteiger partial charge in [-0.1, -0.05) is 6.92 Å².